The smallest absolute Gasteiger partial charge is 0.114 e. The molecule has 0 N–H and O–H groups in total. The Morgan fingerprint density at radius 1 is 0.667 bits per heavy atom. The second-order valence-electron chi connectivity index (χ2n) is 4.33. The van der Waals surface area contributed by atoms with Gasteiger partial charge < -0.3 is 0 Å². The zero-order valence-corrected chi connectivity index (χ0v) is 16.0. The molecule has 3 aromatic rings. The van der Waals surface area contributed by atoms with Crippen LogP contribution < -0.4 is 0 Å². The van der Waals surface area contributed by atoms with Gasteiger partial charge in [-0.25, -0.2) is 0 Å². The lowest BCUT2D eigenvalue weighted by atomic mass is 10.0. The zero-order valence-electron chi connectivity index (χ0n) is 10.3. The highest BCUT2D eigenvalue weighted by Gasteiger charge is 2.19. The first kappa shape index (κ1) is 14.0. The molecule has 0 saturated heterocycles. The molecule has 0 spiro atoms. The van der Waals surface area contributed by atoms with Gasteiger partial charge in [0.05, 0.1) is 18.9 Å². The van der Waals surface area contributed by atoms with Crippen molar-refractivity contribution in [2.24, 2.45) is 8.73 Å². The molecule has 0 radical (unpaired) electrons. The summed E-state index contributed by atoms with van der Waals surface area (Å²) in [5.41, 5.74) is 4.26. The average Bonchev–Trinajstić information content (AvgIpc) is 3.18. The van der Waals surface area contributed by atoms with Crippen LogP contribution in [0.15, 0.2) is 52.7 Å². The third-order valence-electron chi connectivity index (χ3n) is 3.09. The van der Waals surface area contributed by atoms with Crippen molar-refractivity contribution in [3.05, 3.63) is 44.0 Å². The molecule has 2 nitrogen and oxygen atoms in total. The molecule has 7 heteroatoms. The van der Waals surface area contributed by atoms with E-state index >= 15 is 0 Å². The van der Waals surface area contributed by atoms with Gasteiger partial charge in [-0.15, -0.1) is 22.7 Å². The maximum Gasteiger partial charge on any atom is 0.114 e. The van der Waals surface area contributed by atoms with Crippen molar-refractivity contribution < 1.29 is 0 Å². The Hall–Kier alpha value is -0.600. The molecule has 1 aromatic carbocycles. The summed E-state index contributed by atoms with van der Waals surface area (Å²) in [5, 5.41) is 0. The van der Waals surface area contributed by atoms with Crippen molar-refractivity contribution >= 4 is 77.3 Å². The van der Waals surface area contributed by atoms with Gasteiger partial charge in [0.25, 0.3) is 0 Å². The first-order valence-electron chi connectivity index (χ1n) is 5.99. The fourth-order valence-electron chi connectivity index (χ4n) is 2.18. The lowest BCUT2D eigenvalue weighted by Gasteiger charge is -2.07. The molecular formula is C14H6Br2N2S3. The number of hydrogen-bond donors (Lipinski definition) is 0. The van der Waals surface area contributed by atoms with E-state index in [0.29, 0.717) is 0 Å². The van der Waals surface area contributed by atoms with Crippen LogP contribution in [0.4, 0.5) is 11.4 Å². The predicted octanol–water partition coefficient (Wildman–Crippen LogP) is 7.40. The number of thiophene rings is 2. The Kier molecular flexibility index (Phi) is 3.71. The molecule has 0 unspecified atom stereocenters. The Labute approximate surface area is 150 Å². The Morgan fingerprint density at radius 3 is 1.52 bits per heavy atom. The van der Waals surface area contributed by atoms with Crippen molar-refractivity contribution in [2.75, 3.05) is 0 Å². The molecule has 104 valence electrons. The summed E-state index contributed by atoms with van der Waals surface area (Å²) in [5.74, 6) is 0. The monoisotopic (exact) mass is 456 g/mol. The SMILES string of the molecule is Brc1ccc(-c2ccc(-c3ccc(Br)s3)c3c2N=S=N3)s1. The number of halogens is 2. The minimum absolute atomic E-state index is 0.983. The molecule has 0 aliphatic carbocycles. The molecule has 4 rings (SSSR count). The Balaban J connectivity index is 1.91. The van der Waals surface area contributed by atoms with Crippen LogP contribution in [-0.4, -0.2) is 0 Å². The van der Waals surface area contributed by atoms with Gasteiger partial charge in [-0.05, 0) is 56.1 Å². The van der Waals surface area contributed by atoms with Crippen LogP contribution in [0.2, 0.25) is 0 Å². The van der Waals surface area contributed by atoms with E-state index in [-0.39, 0.29) is 0 Å². The number of fused-ring (bicyclic) bond motifs is 1. The van der Waals surface area contributed by atoms with Crippen molar-refractivity contribution in [3.8, 4) is 20.9 Å². The molecule has 3 heterocycles. The van der Waals surface area contributed by atoms with E-state index in [0.717, 1.165) is 30.1 Å². The van der Waals surface area contributed by atoms with Crippen LogP contribution in [0, 0.1) is 0 Å². The summed E-state index contributed by atoms with van der Waals surface area (Å²) in [6.45, 7) is 0. The standard InChI is InChI=1S/C14H6Br2N2S3/c15-11-5-3-9(19-11)7-1-2-8(10-4-6-12(16)20-10)14-13(7)17-21-18-14/h1-6H. The van der Waals surface area contributed by atoms with Crippen LogP contribution in [0.1, 0.15) is 0 Å². The molecule has 1 aliphatic heterocycles. The fraction of sp³-hybridized carbons (Fsp3) is 0. The van der Waals surface area contributed by atoms with Gasteiger partial charge in [0.2, 0.25) is 0 Å². The number of nitrogens with zero attached hydrogens (tertiary/aromatic N) is 2. The largest absolute Gasteiger partial charge is 0.172 e. The summed E-state index contributed by atoms with van der Waals surface area (Å²) >= 11 is 11.7. The molecule has 0 fully saturated rings. The number of hydrogen-bond acceptors (Lipinski definition) is 4. The van der Waals surface area contributed by atoms with Gasteiger partial charge in [0.15, 0.2) is 0 Å². The molecule has 0 atom stereocenters. The molecule has 0 bridgehead atoms. The van der Waals surface area contributed by atoms with Gasteiger partial charge in [0.1, 0.15) is 11.4 Å². The molecule has 0 amide bonds. The first-order valence-corrected chi connectivity index (χ1v) is 9.94. The van der Waals surface area contributed by atoms with Crippen molar-refractivity contribution in [3.63, 3.8) is 0 Å². The second kappa shape index (κ2) is 5.55. The third-order valence-corrected chi connectivity index (χ3v) is 6.94. The van der Waals surface area contributed by atoms with Gasteiger partial charge in [-0.1, -0.05) is 12.1 Å². The lowest BCUT2D eigenvalue weighted by Crippen LogP contribution is -1.78. The molecule has 2 aromatic heterocycles. The maximum absolute atomic E-state index is 4.51. The minimum atomic E-state index is 0.983. The van der Waals surface area contributed by atoms with Gasteiger partial charge in [0, 0.05) is 20.9 Å². The van der Waals surface area contributed by atoms with Gasteiger partial charge in [-0.2, -0.15) is 8.73 Å². The summed E-state index contributed by atoms with van der Waals surface area (Å²) in [6, 6.07) is 12.6. The quantitative estimate of drug-likeness (QED) is 0.299. The van der Waals surface area contributed by atoms with Crippen LogP contribution >= 0.6 is 54.5 Å². The predicted molar refractivity (Wildman–Crippen MR) is 100 cm³/mol. The van der Waals surface area contributed by atoms with Crippen molar-refractivity contribution in [2.45, 2.75) is 0 Å². The van der Waals surface area contributed by atoms with E-state index in [2.05, 4.69) is 77.0 Å². The second-order valence-corrected chi connectivity index (χ2v) is 9.78. The Morgan fingerprint density at radius 2 is 1.14 bits per heavy atom. The summed E-state index contributed by atoms with van der Waals surface area (Å²) < 4.78 is 11.3. The van der Waals surface area contributed by atoms with E-state index in [9.17, 15) is 0 Å². The molecule has 0 saturated carbocycles. The van der Waals surface area contributed by atoms with Crippen LogP contribution in [0.3, 0.4) is 0 Å². The van der Waals surface area contributed by atoms with Crippen LogP contribution in [-0.2, 0) is 11.4 Å². The van der Waals surface area contributed by atoms with E-state index in [4.69, 9.17) is 0 Å². The van der Waals surface area contributed by atoms with E-state index in [1.807, 2.05) is 0 Å². The molecule has 1 aliphatic rings. The summed E-state index contributed by atoms with van der Waals surface area (Å²) in [4.78, 5) is 2.41. The zero-order chi connectivity index (χ0) is 14.4. The molecular weight excluding hydrogens is 452 g/mol. The van der Waals surface area contributed by atoms with Crippen LogP contribution in [0.5, 0.6) is 0 Å². The van der Waals surface area contributed by atoms with Crippen molar-refractivity contribution in [1.29, 1.82) is 0 Å². The van der Waals surface area contributed by atoms with Crippen molar-refractivity contribution in [1.82, 2.24) is 0 Å². The van der Waals surface area contributed by atoms with Gasteiger partial charge in [-0.3, -0.25) is 0 Å². The number of rotatable bonds is 2. The highest BCUT2D eigenvalue weighted by atomic mass is 79.9. The minimum Gasteiger partial charge on any atom is -0.172 e. The first-order chi connectivity index (χ1) is 10.2. The average molecular weight is 458 g/mol. The normalized spacial score (nSPS) is 12.5. The van der Waals surface area contributed by atoms with E-state index < -0.39 is 0 Å². The number of benzene rings is 1. The summed E-state index contributed by atoms with van der Waals surface area (Å²) in [6.07, 6.45) is 0. The highest BCUT2D eigenvalue weighted by Crippen LogP contribution is 2.49. The maximum atomic E-state index is 4.51. The topological polar surface area (TPSA) is 24.7 Å². The Bertz CT molecular complexity index is 849. The van der Waals surface area contributed by atoms with E-state index in [1.165, 1.54) is 21.1 Å². The fourth-order valence-corrected chi connectivity index (χ4v) is 5.58. The lowest BCUT2D eigenvalue weighted by molar-refractivity contribution is 1.54. The third kappa shape index (κ3) is 2.51. The van der Waals surface area contributed by atoms with E-state index in [1.54, 1.807) is 22.7 Å². The highest BCUT2D eigenvalue weighted by molar-refractivity contribution is 9.11. The van der Waals surface area contributed by atoms with Gasteiger partial charge >= 0.3 is 0 Å². The van der Waals surface area contributed by atoms with Crippen LogP contribution in [0.25, 0.3) is 20.9 Å². The summed E-state index contributed by atoms with van der Waals surface area (Å²) in [7, 11) is 0. The molecule has 21 heavy (non-hydrogen) atoms.